The molecule has 0 bridgehead atoms. The monoisotopic (exact) mass is 191 g/mol. The normalized spacial score (nSPS) is 26.6. The van der Waals surface area contributed by atoms with E-state index in [9.17, 15) is 0 Å². The molecule has 1 nitrogen and oxygen atoms in total. The molecular weight excluding hydrogens is 170 g/mol. The molecule has 0 heterocycles. The maximum atomic E-state index is 3.25. The smallest absolute Gasteiger partial charge is 0.0367 e. The summed E-state index contributed by atoms with van der Waals surface area (Å²) in [6.45, 7) is 6.72. The molecule has 0 aromatic heterocycles. The molecule has 1 aliphatic rings. The maximum Gasteiger partial charge on any atom is 0.0367 e. The van der Waals surface area contributed by atoms with E-state index in [2.05, 4.69) is 50.4 Å². The van der Waals surface area contributed by atoms with Gasteiger partial charge in [-0.15, -0.1) is 0 Å². The van der Waals surface area contributed by atoms with Crippen LogP contribution in [0, 0.1) is 5.41 Å². The number of hydrogen-bond donors (Lipinski definition) is 1. The van der Waals surface area contributed by atoms with Crippen LogP contribution in [0.1, 0.15) is 33.6 Å². The predicted octanol–water partition coefficient (Wildman–Crippen LogP) is 3.41. The SMILES string of the molecule is CCC1=CC(C)(CC)C=CC=C1NC. The maximum absolute atomic E-state index is 3.25. The summed E-state index contributed by atoms with van der Waals surface area (Å²) in [5, 5.41) is 3.25. The highest BCUT2D eigenvalue weighted by Gasteiger charge is 2.18. The average molecular weight is 191 g/mol. The lowest BCUT2D eigenvalue weighted by atomic mass is 9.85. The lowest BCUT2D eigenvalue weighted by molar-refractivity contribution is 0.526. The second-order valence-electron chi connectivity index (χ2n) is 4.07. The summed E-state index contributed by atoms with van der Waals surface area (Å²) in [5.74, 6) is 0. The topological polar surface area (TPSA) is 12.0 Å². The largest absolute Gasteiger partial charge is 0.388 e. The highest BCUT2D eigenvalue weighted by Crippen LogP contribution is 2.31. The number of likely N-dealkylation sites (N-methyl/N-ethyl adjacent to an activating group) is 1. The van der Waals surface area contributed by atoms with Crippen molar-refractivity contribution in [2.45, 2.75) is 33.6 Å². The first-order valence-corrected chi connectivity index (χ1v) is 5.44. The van der Waals surface area contributed by atoms with Crippen molar-refractivity contribution < 1.29 is 0 Å². The van der Waals surface area contributed by atoms with E-state index in [-0.39, 0.29) is 5.41 Å². The summed E-state index contributed by atoms with van der Waals surface area (Å²) >= 11 is 0. The minimum Gasteiger partial charge on any atom is -0.388 e. The first kappa shape index (κ1) is 11.1. The third-order valence-corrected chi connectivity index (χ3v) is 3.00. The fourth-order valence-corrected chi connectivity index (χ4v) is 1.75. The van der Waals surface area contributed by atoms with Crippen molar-refractivity contribution in [2.75, 3.05) is 7.05 Å². The summed E-state index contributed by atoms with van der Waals surface area (Å²) < 4.78 is 0. The van der Waals surface area contributed by atoms with E-state index >= 15 is 0 Å². The third-order valence-electron chi connectivity index (χ3n) is 3.00. The second-order valence-corrected chi connectivity index (χ2v) is 4.07. The Morgan fingerprint density at radius 1 is 1.36 bits per heavy atom. The fraction of sp³-hybridized carbons (Fsp3) is 0.538. The average Bonchev–Trinajstić information content (AvgIpc) is 2.37. The third kappa shape index (κ3) is 2.28. The number of nitrogens with one attached hydrogen (secondary N) is 1. The minimum absolute atomic E-state index is 0.223. The van der Waals surface area contributed by atoms with Gasteiger partial charge in [0.25, 0.3) is 0 Å². The van der Waals surface area contributed by atoms with E-state index < -0.39 is 0 Å². The summed E-state index contributed by atoms with van der Waals surface area (Å²) in [6.07, 6.45) is 11.2. The quantitative estimate of drug-likeness (QED) is 0.721. The Morgan fingerprint density at radius 2 is 2.07 bits per heavy atom. The summed E-state index contributed by atoms with van der Waals surface area (Å²) in [4.78, 5) is 0. The van der Waals surface area contributed by atoms with Crippen LogP contribution in [0.5, 0.6) is 0 Å². The van der Waals surface area contributed by atoms with Gasteiger partial charge in [0.1, 0.15) is 0 Å². The molecular formula is C13H21N. The predicted molar refractivity (Wildman–Crippen MR) is 63.1 cm³/mol. The van der Waals surface area contributed by atoms with Gasteiger partial charge in [0.15, 0.2) is 0 Å². The van der Waals surface area contributed by atoms with Crippen LogP contribution in [0.2, 0.25) is 0 Å². The molecule has 0 fully saturated rings. The number of hydrogen-bond acceptors (Lipinski definition) is 1. The van der Waals surface area contributed by atoms with Gasteiger partial charge in [0.2, 0.25) is 0 Å². The number of allylic oxidation sites excluding steroid dienone is 5. The summed E-state index contributed by atoms with van der Waals surface area (Å²) in [5.41, 5.74) is 2.89. The van der Waals surface area contributed by atoms with Crippen LogP contribution in [0.25, 0.3) is 0 Å². The Hall–Kier alpha value is -0.980. The Kier molecular flexibility index (Phi) is 3.56. The molecule has 14 heavy (non-hydrogen) atoms. The van der Waals surface area contributed by atoms with Gasteiger partial charge < -0.3 is 5.32 Å². The molecule has 1 rings (SSSR count). The van der Waals surface area contributed by atoms with Crippen molar-refractivity contribution >= 4 is 0 Å². The molecule has 1 aliphatic carbocycles. The molecule has 0 aromatic rings. The van der Waals surface area contributed by atoms with E-state index in [4.69, 9.17) is 0 Å². The zero-order chi connectivity index (χ0) is 10.6. The molecule has 1 N–H and O–H groups in total. The van der Waals surface area contributed by atoms with Crippen LogP contribution < -0.4 is 5.32 Å². The van der Waals surface area contributed by atoms with Gasteiger partial charge in [0.05, 0.1) is 0 Å². The van der Waals surface area contributed by atoms with Gasteiger partial charge in [-0.25, -0.2) is 0 Å². The van der Waals surface area contributed by atoms with E-state index in [1.54, 1.807) is 0 Å². The van der Waals surface area contributed by atoms with E-state index in [1.807, 2.05) is 7.05 Å². The molecule has 0 aromatic carbocycles. The fourth-order valence-electron chi connectivity index (χ4n) is 1.75. The lowest BCUT2D eigenvalue weighted by Crippen LogP contribution is -2.11. The number of rotatable bonds is 3. The van der Waals surface area contributed by atoms with E-state index in [0.29, 0.717) is 0 Å². The van der Waals surface area contributed by atoms with Crippen molar-refractivity contribution in [1.29, 1.82) is 0 Å². The van der Waals surface area contributed by atoms with Crippen molar-refractivity contribution in [3.05, 3.63) is 35.6 Å². The van der Waals surface area contributed by atoms with Crippen LogP contribution in [0.15, 0.2) is 35.6 Å². The summed E-state index contributed by atoms with van der Waals surface area (Å²) in [7, 11) is 1.98. The molecule has 0 saturated heterocycles. The van der Waals surface area contributed by atoms with Gasteiger partial charge in [-0.3, -0.25) is 0 Å². The minimum atomic E-state index is 0.223. The highest BCUT2D eigenvalue weighted by atomic mass is 14.8. The standard InChI is InChI=1S/C13H21N/c1-5-11-10-13(3,6-2)9-7-8-12(11)14-4/h7-10,14H,5-6H2,1-4H3. The zero-order valence-corrected chi connectivity index (χ0v) is 9.72. The Morgan fingerprint density at radius 3 is 2.57 bits per heavy atom. The van der Waals surface area contributed by atoms with Gasteiger partial charge in [-0.1, -0.05) is 39.0 Å². The van der Waals surface area contributed by atoms with Gasteiger partial charge in [0, 0.05) is 18.2 Å². The van der Waals surface area contributed by atoms with E-state index in [1.165, 1.54) is 11.3 Å². The van der Waals surface area contributed by atoms with Crippen LogP contribution in [-0.4, -0.2) is 7.05 Å². The molecule has 0 radical (unpaired) electrons. The van der Waals surface area contributed by atoms with Crippen LogP contribution in [0.4, 0.5) is 0 Å². The van der Waals surface area contributed by atoms with Gasteiger partial charge >= 0.3 is 0 Å². The second kappa shape index (κ2) is 4.50. The molecule has 1 heteroatoms. The molecule has 78 valence electrons. The van der Waals surface area contributed by atoms with Crippen molar-refractivity contribution in [3.8, 4) is 0 Å². The molecule has 0 amide bonds. The summed E-state index contributed by atoms with van der Waals surface area (Å²) in [6, 6.07) is 0. The molecule has 0 saturated carbocycles. The first-order valence-electron chi connectivity index (χ1n) is 5.44. The van der Waals surface area contributed by atoms with Crippen molar-refractivity contribution in [3.63, 3.8) is 0 Å². The van der Waals surface area contributed by atoms with Gasteiger partial charge in [-0.2, -0.15) is 0 Å². The van der Waals surface area contributed by atoms with E-state index in [0.717, 1.165) is 12.8 Å². The lowest BCUT2D eigenvalue weighted by Gasteiger charge is -2.20. The first-order chi connectivity index (χ1) is 6.65. The highest BCUT2D eigenvalue weighted by molar-refractivity contribution is 5.37. The zero-order valence-electron chi connectivity index (χ0n) is 9.72. The van der Waals surface area contributed by atoms with Crippen molar-refractivity contribution in [1.82, 2.24) is 5.32 Å². The molecule has 0 aliphatic heterocycles. The van der Waals surface area contributed by atoms with Gasteiger partial charge in [-0.05, 0) is 24.5 Å². The van der Waals surface area contributed by atoms with Crippen LogP contribution >= 0.6 is 0 Å². The molecule has 1 atom stereocenters. The van der Waals surface area contributed by atoms with Crippen LogP contribution in [0.3, 0.4) is 0 Å². The Bertz CT molecular complexity index is 284. The Balaban J connectivity index is 3.05. The Labute approximate surface area is 87.6 Å². The van der Waals surface area contributed by atoms with Crippen LogP contribution in [-0.2, 0) is 0 Å². The molecule has 1 unspecified atom stereocenters. The van der Waals surface area contributed by atoms with Crippen molar-refractivity contribution in [2.24, 2.45) is 5.41 Å². The molecule has 0 spiro atoms.